The van der Waals surface area contributed by atoms with Crippen LogP contribution < -0.4 is 0 Å². The molecule has 1 heterocycles. The lowest BCUT2D eigenvalue weighted by molar-refractivity contribution is 0.0734. The molecule has 26 heavy (non-hydrogen) atoms. The van der Waals surface area contributed by atoms with Crippen molar-refractivity contribution in [1.29, 1.82) is 0 Å². The van der Waals surface area contributed by atoms with Crippen molar-refractivity contribution in [3.63, 3.8) is 0 Å². The molecule has 1 aliphatic heterocycles. The van der Waals surface area contributed by atoms with E-state index in [1.165, 1.54) is 22.5 Å². The smallest absolute Gasteiger partial charge is 0.242 e. The van der Waals surface area contributed by atoms with Crippen LogP contribution in [0, 0.1) is 3.57 Å². The Labute approximate surface area is 180 Å². The first kappa shape index (κ1) is 20.7. The quantitative estimate of drug-likeness (QED) is 0.382. The van der Waals surface area contributed by atoms with Crippen LogP contribution in [0.15, 0.2) is 52.3 Å². The van der Waals surface area contributed by atoms with Crippen molar-refractivity contribution < 1.29 is 21.6 Å². The lowest BCUT2D eigenvalue weighted by Crippen LogP contribution is -2.41. The highest BCUT2D eigenvalue weighted by Gasteiger charge is 2.42. The molecule has 1 aromatic rings. The van der Waals surface area contributed by atoms with Gasteiger partial charge in [-0.15, -0.1) is 0 Å². The van der Waals surface area contributed by atoms with E-state index in [2.05, 4.69) is 22.6 Å². The average molecular weight is 621 g/mol. The first-order chi connectivity index (χ1) is 12.2. The molecule has 0 saturated carbocycles. The molecule has 0 bridgehead atoms. The fourth-order valence-corrected chi connectivity index (χ4v) is 7.14. The molecular formula is C16H17I2NO5S2. The standard InChI is InChI=1S/C16H17I2NO5S2/c17-13-1-3-14(4-2-13)25(20,21)16(18)7-5-15(6-8-16)26(22,23)19-9-11-24-12-10-19/h1-7H,8-12H2. The van der Waals surface area contributed by atoms with Crippen LogP contribution in [0.1, 0.15) is 6.42 Å². The summed E-state index contributed by atoms with van der Waals surface area (Å²) < 4.78 is 57.7. The van der Waals surface area contributed by atoms with Crippen LogP contribution in [0.5, 0.6) is 0 Å². The highest BCUT2D eigenvalue weighted by Crippen LogP contribution is 2.41. The molecule has 1 unspecified atom stereocenters. The molecule has 0 N–H and O–H groups in total. The number of ether oxygens (including phenoxy) is 1. The van der Waals surface area contributed by atoms with E-state index in [1.54, 1.807) is 24.3 Å². The molecule has 1 aliphatic carbocycles. The van der Waals surface area contributed by atoms with Crippen molar-refractivity contribution >= 4 is 65.0 Å². The van der Waals surface area contributed by atoms with Crippen LogP contribution in [0.2, 0.25) is 0 Å². The molecule has 1 aromatic carbocycles. The van der Waals surface area contributed by atoms with Crippen LogP contribution in [-0.4, -0.2) is 50.2 Å². The van der Waals surface area contributed by atoms with Gasteiger partial charge in [-0.2, -0.15) is 4.31 Å². The third kappa shape index (κ3) is 3.90. The van der Waals surface area contributed by atoms with Gasteiger partial charge in [0.25, 0.3) is 0 Å². The van der Waals surface area contributed by atoms with Crippen LogP contribution in [-0.2, 0) is 24.6 Å². The van der Waals surface area contributed by atoms with Gasteiger partial charge in [0, 0.05) is 16.7 Å². The Morgan fingerprint density at radius 1 is 1.04 bits per heavy atom. The molecule has 10 heteroatoms. The van der Waals surface area contributed by atoms with E-state index in [9.17, 15) is 16.8 Å². The van der Waals surface area contributed by atoms with Gasteiger partial charge in [-0.1, -0.05) is 34.7 Å². The Bertz CT molecular complexity index is 949. The van der Waals surface area contributed by atoms with E-state index in [0.29, 0.717) is 26.3 Å². The minimum Gasteiger partial charge on any atom is -0.379 e. The molecule has 1 fully saturated rings. The van der Waals surface area contributed by atoms with Crippen molar-refractivity contribution in [3.8, 4) is 0 Å². The second-order valence-electron chi connectivity index (χ2n) is 5.90. The summed E-state index contributed by atoms with van der Waals surface area (Å²) in [6.07, 6.45) is 4.48. The molecule has 0 aromatic heterocycles. The summed E-state index contributed by atoms with van der Waals surface area (Å²) >= 11 is 4.00. The number of alkyl halides is 1. The number of halogens is 2. The first-order valence-electron chi connectivity index (χ1n) is 7.83. The maximum Gasteiger partial charge on any atom is 0.242 e. The summed E-state index contributed by atoms with van der Waals surface area (Å²) in [5.41, 5.74) is 0. The van der Waals surface area contributed by atoms with E-state index in [4.69, 9.17) is 4.74 Å². The Kier molecular flexibility index (Phi) is 6.19. The zero-order chi connectivity index (χ0) is 19.0. The summed E-state index contributed by atoms with van der Waals surface area (Å²) in [7, 11) is -7.27. The molecule has 1 saturated heterocycles. The summed E-state index contributed by atoms with van der Waals surface area (Å²) in [6.45, 7) is 1.36. The van der Waals surface area contributed by atoms with Crippen molar-refractivity contribution in [3.05, 3.63) is 51.0 Å². The molecule has 0 amide bonds. The molecule has 0 radical (unpaired) electrons. The van der Waals surface area contributed by atoms with E-state index >= 15 is 0 Å². The van der Waals surface area contributed by atoms with Crippen LogP contribution in [0.4, 0.5) is 0 Å². The molecule has 0 spiro atoms. The number of sulfone groups is 1. The fourth-order valence-electron chi connectivity index (χ4n) is 2.72. The van der Waals surface area contributed by atoms with Gasteiger partial charge >= 0.3 is 0 Å². The van der Waals surface area contributed by atoms with Gasteiger partial charge in [0.2, 0.25) is 10.0 Å². The highest BCUT2D eigenvalue weighted by atomic mass is 127. The number of hydrogen-bond acceptors (Lipinski definition) is 5. The SMILES string of the molecule is O=S(=O)(C1=CCC(I)(S(=O)(=O)c2ccc(I)cc2)C=C1)N1CCOCC1. The van der Waals surface area contributed by atoms with E-state index in [-0.39, 0.29) is 16.2 Å². The van der Waals surface area contributed by atoms with Gasteiger partial charge in [0.1, 0.15) is 2.75 Å². The maximum absolute atomic E-state index is 13.0. The largest absolute Gasteiger partial charge is 0.379 e. The second-order valence-corrected chi connectivity index (χ2v) is 14.0. The molecular weight excluding hydrogens is 604 g/mol. The predicted molar refractivity (Wildman–Crippen MR) is 116 cm³/mol. The first-order valence-corrected chi connectivity index (χ1v) is 12.9. The van der Waals surface area contributed by atoms with Gasteiger partial charge in [-0.05, 0) is 59.4 Å². The van der Waals surface area contributed by atoms with Gasteiger partial charge < -0.3 is 4.74 Å². The molecule has 2 aliphatic rings. The lowest BCUT2D eigenvalue weighted by Gasteiger charge is -2.29. The molecule has 6 nitrogen and oxygen atoms in total. The zero-order valence-electron chi connectivity index (χ0n) is 13.6. The van der Waals surface area contributed by atoms with Crippen molar-refractivity contribution in [2.75, 3.05) is 26.3 Å². The van der Waals surface area contributed by atoms with Gasteiger partial charge in [-0.25, -0.2) is 16.8 Å². The number of hydrogen-bond donors (Lipinski definition) is 0. The van der Waals surface area contributed by atoms with E-state index in [1.807, 2.05) is 22.6 Å². The number of allylic oxidation sites excluding steroid dienone is 2. The number of benzene rings is 1. The van der Waals surface area contributed by atoms with Crippen molar-refractivity contribution in [2.24, 2.45) is 0 Å². The lowest BCUT2D eigenvalue weighted by atomic mass is 10.2. The van der Waals surface area contributed by atoms with Gasteiger partial charge in [0.05, 0.1) is 23.0 Å². The number of morpholine rings is 1. The predicted octanol–water partition coefficient (Wildman–Crippen LogP) is 2.70. The highest BCUT2D eigenvalue weighted by molar-refractivity contribution is 14.1. The van der Waals surface area contributed by atoms with Crippen LogP contribution in [0.25, 0.3) is 0 Å². The fraction of sp³-hybridized carbons (Fsp3) is 0.375. The molecule has 142 valence electrons. The normalized spacial score (nSPS) is 25.1. The third-order valence-corrected chi connectivity index (χ3v) is 11.5. The Balaban J connectivity index is 1.86. The minimum atomic E-state index is -3.65. The summed E-state index contributed by atoms with van der Waals surface area (Å²) in [5, 5.41) is 0. The number of sulfonamides is 1. The van der Waals surface area contributed by atoms with Gasteiger partial charge in [-0.3, -0.25) is 0 Å². The Hall–Kier alpha value is -0.0200. The molecule has 3 rings (SSSR count). The average Bonchev–Trinajstić information content (AvgIpc) is 2.63. The summed E-state index contributed by atoms with van der Waals surface area (Å²) in [6, 6.07) is 6.64. The summed E-state index contributed by atoms with van der Waals surface area (Å²) in [5.74, 6) is 0. The Morgan fingerprint density at radius 2 is 1.65 bits per heavy atom. The monoisotopic (exact) mass is 621 g/mol. The minimum absolute atomic E-state index is 0.0945. The van der Waals surface area contributed by atoms with Gasteiger partial charge in [0.15, 0.2) is 9.84 Å². The topological polar surface area (TPSA) is 80.8 Å². The van der Waals surface area contributed by atoms with Crippen molar-refractivity contribution in [2.45, 2.75) is 14.1 Å². The zero-order valence-corrected chi connectivity index (χ0v) is 19.6. The van der Waals surface area contributed by atoms with E-state index < -0.39 is 22.6 Å². The number of rotatable bonds is 4. The summed E-state index contributed by atoms with van der Waals surface area (Å²) in [4.78, 5) is 0.370. The Morgan fingerprint density at radius 3 is 2.19 bits per heavy atom. The van der Waals surface area contributed by atoms with Crippen molar-refractivity contribution in [1.82, 2.24) is 4.31 Å². The third-order valence-electron chi connectivity index (χ3n) is 4.26. The maximum atomic E-state index is 13.0. The second kappa shape index (κ2) is 7.78. The molecule has 1 atom stereocenters. The number of nitrogens with zero attached hydrogens (tertiary/aromatic N) is 1. The van der Waals surface area contributed by atoms with E-state index in [0.717, 1.165) is 3.57 Å². The van der Waals surface area contributed by atoms with Crippen LogP contribution in [0.3, 0.4) is 0 Å². The van der Waals surface area contributed by atoms with Crippen LogP contribution >= 0.6 is 45.2 Å².